The number of hydrogen-bond donors (Lipinski definition) is 1. The van der Waals surface area contributed by atoms with Crippen LogP contribution in [-0.2, 0) is 4.74 Å². The zero-order valence-corrected chi connectivity index (χ0v) is 8.85. The van der Waals surface area contributed by atoms with Crippen LogP contribution in [0.1, 0.15) is 17.9 Å². The van der Waals surface area contributed by atoms with E-state index in [1.807, 2.05) is 18.2 Å². The van der Waals surface area contributed by atoms with Gasteiger partial charge >= 0.3 is 0 Å². The lowest BCUT2D eigenvalue weighted by atomic mass is 9.95. The second-order valence-electron chi connectivity index (χ2n) is 3.81. The van der Waals surface area contributed by atoms with E-state index >= 15 is 0 Å². The van der Waals surface area contributed by atoms with E-state index in [4.69, 9.17) is 14.6 Å². The van der Waals surface area contributed by atoms with Crippen LogP contribution in [0.15, 0.2) is 24.3 Å². The number of benzene rings is 1. The quantitative estimate of drug-likeness (QED) is 0.819. The fourth-order valence-corrected chi connectivity index (χ4v) is 2.05. The lowest BCUT2D eigenvalue weighted by molar-refractivity contribution is 0.0584. The zero-order valence-electron chi connectivity index (χ0n) is 8.85. The molecule has 0 radical (unpaired) electrons. The molecule has 2 atom stereocenters. The average Bonchev–Trinajstić information content (AvgIpc) is 2.77. The van der Waals surface area contributed by atoms with E-state index in [-0.39, 0.29) is 12.7 Å². The van der Waals surface area contributed by atoms with Crippen LogP contribution in [-0.4, -0.2) is 31.5 Å². The molecule has 15 heavy (non-hydrogen) atoms. The molecule has 1 fully saturated rings. The summed E-state index contributed by atoms with van der Waals surface area (Å²) in [5.74, 6) is 1.25. The summed E-state index contributed by atoms with van der Waals surface area (Å²) in [5.41, 5.74) is 1.18. The maximum absolute atomic E-state index is 9.00. The monoisotopic (exact) mass is 208 g/mol. The number of aliphatic hydroxyl groups excluding tert-OH is 1. The smallest absolute Gasteiger partial charge is 0.122 e. The fraction of sp³-hybridized carbons (Fsp3) is 0.500. The van der Waals surface area contributed by atoms with Gasteiger partial charge in [-0.15, -0.1) is 0 Å². The third-order valence-electron chi connectivity index (χ3n) is 2.86. The Balaban J connectivity index is 2.16. The van der Waals surface area contributed by atoms with E-state index in [9.17, 15) is 0 Å². The molecular formula is C12H16O3. The Hall–Kier alpha value is -1.06. The number of methoxy groups -OCH3 is 1. The van der Waals surface area contributed by atoms with E-state index in [1.54, 1.807) is 7.11 Å². The van der Waals surface area contributed by atoms with Crippen LogP contribution < -0.4 is 4.74 Å². The van der Waals surface area contributed by atoms with Crippen molar-refractivity contribution in [1.29, 1.82) is 0 Å². The minimum atomic E-state index is -0.0140. The molecule has 1 heterocycles. The molecule has 1 N–H and O–H groups in total. The first-order valence-corrected chi connectivity index (χ1v) is 5.20. The zero-order chi connectivity index (χ0) is 10.7. The molecule has 2 rings (SSSR count). The lowest BCUT2D eigenvalue weighted by Gasteiger charge is -2.12. The number of aliphatic hydroxyl groups is 1. The Morgan fingerprint density at radius 3 is 2.93 bits per heavy atom. The Kier molecular flexibility index (Phi) is 3.23. The van der Waals surface area contributed by atoms with Crippen molar-refractivity contribution in [2.24, 2.45) is 0 Å². The number of ether oxygens (including phenoxy) is 2. The molecule has 1 aromatic rings. The van der Waals surface area contributed by atoms with Crippen molar-refractivity contribution in [3.05, 3.63) is 29.8 Å². The molecule has 0 aromatic heterocycles. The summed E-state index contributed by atoms with van der Waals surface area (Å²) < 4.78 is 10.8. The van der Waals surface area contributed by atoms with E-state index in [0.717, 1.165) is 12.2 Å². The highest BCUT2D eigenvalue weighted by atomic mass is 16.5. The van der Waals surface area contributed by atoms with Gasteiger partial charge in [0.05, 0.1) is 26.4 Å². The molecule has 1 saturated heterocycles. The normalized spacial score (nSPS) is 25.5. The van der Waals surface area contributed by atoms with Crippen LogP contribution in [0.2, 0.25) is 0 Å². The van der Waals surface area contributed by atoms with Gasteiger partial charge in [0.2, 0.25) is 0 Å². The standard InChI is InChI=1S/C12H16O3/c1-14-12-5-3-2-4-11(12)9-6-10(7-13)15-8-9/h2-5,9-10,13H,6-8H2,1H3. The third kappa shape index (κ3) is 2.13. The second-order valence-corrected chi connectivity index (χ2v) is 3.81. The maximum atomic E-state index is 9.00. The van der Waals surface area contributed by atoms with Gasteiger partial charge in [-0.3, -0.25) is 0 Å². The van der Waals surface area contributed by atoms with Crippen molar-refractivity contribution in [3.63, 3.8) is 0 Å². The number of hydrogen-bond acceptors (Lipinski definition) is 3. The third-order valence-corrected chi connectivity index (χ3v) is 2.86. The van der Waals surface area contributed by atoms with E-state index in [0.29, 0.717) is 12.5 Å². The topological polar surface area (TPSA) is 38.7 Å². The van der Waals surface area contributed by atoms with Crippen molar-refractivity contribution in [2.45, 2.75) is 18.4 Å². The van der Waals surface area contributed by atoms with Crippen molar-refractivity contribution < 1.29 is 14.6 Å². The molecule has 1 aliphatic heterocycles. The van der Waals surface area contributed by atoms with Crippen molar-refractivity contribution >= 4 is 0 Å². The van der Waals surface area contributed by atoms with E-state index in [1.165, 1.54) is 5.56 Å². The van der Waals surface area contributed by atoms with Gasteiger partial charge in [0.25, 0.3) is 0 Å². The predicted octanol–water partition coefficient (Wildman–Crippen LogP) is 1.56. The highest BCUT2D eigenvalue weighted by Gasteiger charge is 2.27. The van der Waals surface area contributed by atoms with Crippen molar-refractivity contribution in [1.82, 2.24) is 0 Å². The van der Waals surface area contributed by atoms with Gasteiger partial charge in [-0.1, -0.05) is 18.2 Å². The summed E-state index contributed by atoms with van der Waals surface area (Å²) in [6, 6.07) is 7.99. The molecule has 3 nitrogen and oxygen atoms in total. The van der Waals surface area contributed by atoms with Crippen LogP contribution >= 0.6 is 0 Å². The van der Waals surface area contributed by atoms with Crippen LogP contribution in [0.3, 0.4) is 0 Å². The molecule has 3 heteroatoms. The van der Waals surface area contributed by atoms with Crippen molar-refractivity contribution in [2.75, 3.05) is 20.3 Å². The Labute approximate surface area is 89.6 Å². The highest BCUT2D eigenvalue weighted by molar-refractivity contribution is 5.36. The SMILES string of the molecule is COc1ccccc1C1COC(CO)C1. The van der Waals surface area contributed by atoms with Gasteiger partial charge in [-0.05, 0) is 18.1 Å². The predicted molar refractivity (Wildman–Crippen MR) is 57.2 cm³/mol. The summed E-state index contributed by atoms with van der Waals surface area (Å²) in [5, 5.41) is 9.00. The summed E-state index contributed by atoms with van der Waals surface area (Å²) in [6.07, 6.45) is 0.858. The second kappa shape index (κ2) is 4.64. The molecule has 0 aliphatic carbocycles. The van der Waals surface area contributed by atoms with Crippen LogP contribution in [0.25, 0.3) is 0 Å². The first-order valence-electron chi connectivity index (χ1n) is 5.20. The molecule has 0 saturated carbocycles. The van der Waals surface area contributed by atoms with Crippen LogP contribution in [0.5, 0.6) is 5.75 Å². The van der Waals surface area contributed by atoms with Crippen molar-refractivity contribution in [3.8, 4) is 5.75 Å². The molecule has 2 unspecified atom stereocenters. The van der Waals surface area contributed by atoms with E-state index < -0.39 is 0 Å². The van der Waals surface area contributed by atoms with Crippen LogP contribution in [0.4, 0.5) is 0 Å². The van der Waals surface area contributed by atoms with Gasteiger partial charge in [0.15, 0.2) is 0 Å². The first kappa shape index (κ1) is 10.5. The molecule has 1 aliphatic rings. The van der Waals surface area contributed by atoms with E-state index in [2.05, 4.69) is 6.07 Å². The van der Waals surface area contributed by atoms with Gasteiger partial charge in [0.1, 0.15) is 5.75 Å². The first-order chi connectivity index (χ1) is 7.35. The summed E-state index contributed by atoms with van der Waals surface area (Å²) in [7, 11) is 1.68. The molecule has 1 aromatic carbocycles. The number of rotatable bonds is 3. The summed E-state index contributed by atoms with van der Waals surface area (Å²) in [6.45, 7) is 0.775. The van der Waals surface area contributed by atoms with Gasteiger partial charge < -0.3 is 14.6 Å². The molecular weight excluding hydrogens is 192 g/mol. The minimum absolute atomic E-state index is 0.0140. The Morgan fingerprint density at radius 2 is 2.27 bits per heavy atom. The lowest BCUT2D eigenvalue weighted by Crippen LogP contribution is -2.09. The van der Waals surface area contributed by atoms with Crippen LogP contribution in [0, 0.1) is 0 Å². The number of para-hydroxylation sites is 1. The molecule has 0 amide bonds. The highest BCUT2D eigenvalue weighted by Crippen LogP contribution is 2.34. The Morgan fingerprint density at radius 1 is 1.47 bits per heavy atom. The van der Waals surface area contributed by atoms with Gasteiger partial charge in [-0.2, -0.15) is 0 Å². The minimum Gasteiger partial charge on any atom is -0.496 e. The molecule has 0 bridgehead atoms. The molecule has 0 spiro atoms. The van der Waals surface area contributed by atoms with Gasteiger partial charge in [-0.25, -0.2) is 0 Å². The largest absolute Gasteiger partial charge is 0.496 e. The summed E-state index contributed by atoms with van der Waals surface area (Å²) >= 11 is 0. The Bertz CT molecular complexity index is 324. The maximum Gasteiger partial charge on any atom is 0.122 e. The average molecular weight is 208 g/mol. The molecule has 82 valence electrons. The van der Waals surface area contributed by atoms with Gasteiger partial charge in [0, 0.05) is 5.92 Å². The fourth-order valence-electron chi connectivity index (χ4n) is 2.05. The summed E-state index contributed by atoms with van der Waals surface area (Å²) in [4.78, 5) is 0.